The number of nitrogens with one attached hydrogen (secondary N) is 1. The molecule has 0 radical (unpaired) electrons. The van der Waals surface area contributed by atoms with Crippen molar-refractivity contribution in [3.05, 3.63) is 64.7 Å². The molecule has 1 aliphatic rings. The van der Waals surface area contributed by atoms with E-state index in [0.717, 1.165) is 16.6 Å². The lowest BCUT2D eigenvalue weighted by Gasteiger charge is -2.30. The minimum absolute atomic E-state index is 0.546. The molecule has 0 heterocycles. The maximum Gasteiger partial charge on any atom is 0.0637 e. The van der Waals surface area contributed by atoms with Gasteiger partial charge in [0.15, 0.2) is 0 Å². The molecule has 21 heavy (non-hydrogen) atoms. The van der Waals surface area contributed by atoms with Crippen LogP contribution in [0.4, 0.5) is 5.69 Å². The largest absolute Gasteiger partial charge is 0.381 e. The minimum Gasteiger partial charge on any atom is -0.381 e. The Hall–Kier alpha value is -1.47. The van der Waals surface area contributed by atoms with Gasteiger partial charge in [0.1, 0.15) is 0 Å². The van der Waals surface area contributed by atoms with E-state index in [1.54, 1.807) is 0 Å². The van der Waals surface area contributed by atoms with Gasteiger partial charge in [-0.2, -0.15) is 0 Å². The fraction of sp³-hybridized carbons (Fsp3) is 0.368. The maximum atomic E-state index is 6.28. The molecule has 2 heteroatoms. The highest BCUT2D eigenvalue weighted by atomic mass is 35.5. The molecule has 0 spiro atoms. The molecular weight excluding hydrogens is 278 g/mol. The van der Waals surface area contributed by atoms with E-state index in [-0.39, 0.29) is 0 Å². The number of aryl methyl sites for hydroxylation is 1. The van der Waals surface area contributed by atoms with Crippen molar-refractivity contribution in [1.29, 1.82) is 0 Å². The number of hydrogen-bond donors (Lipinski definition) is 1. The Morgan fingerprint density at radius 1 is 0.952 bits per heavy atom. The summed E-state index contributed by atoms with van der Waals surface area (Å²) in [5.41, 5.74) is 3.82. The quantitative estimate of drug-likeness (QED) is 0.756. The molecular formula is C19H22ClN. The van der Waals surface area contributed by atoms with E-state index in [0.29, 0.717) is 6.04 Å². The average Bonchev–Trinajstić information content (AvgIpc) is 2.53. The number of rotatable bonds is 3. The molecule has 1 saturated carbocycles. The molecule has 0 atom stereocenters. The monoisotopic (exact) mass is 299 g/mol. The van der Waals surface area contributed by atoms with Crippen LogP contribution in [0.25, 0.3) is 0 Å². The van der Waals surface area contributed by atoms with Crippen LogP contribution in [0.15, 0.2) is 48.5 Å². The van der Waals surface area contributed by atoms with Gasteiger partial charge in [0, 0.05) is 6.04 Å². The average molecular weight is 300 g/mol. The van der Waals surface area contributed by atoms with Crippen molar-refractivity contribution in [2.45, 2.75) is 44.6 Å². The van der Waals surface area contributed by atoms with Crippen molar-refractivity contribution in [1.82, 2.24) is 0 Å². The smallest absolute Gasteiger partial charge is 0.0637 e. The first kappa shape index (κ1) is 14.5. The molecule has 1 aliphatic carbocycles. The summed E-state index contributed by atoms with van der Waals surface area (Å²) in [6.45, 7) is 2.10. The number of halogens is 1. The van der Waals surface area contributed by atoms with Gasteiger partial charge in [-0.25, -0.2) is 0 Å². The van der Waals surface area contributed by atoms with Crippen LogP contribution in [0.1, 0.15) is 42.7 Å². The zero-order chi connectivity index (χ0) is 14.7. The Labute approximate surface area is 132 Å². The second-order valence-corrected chi connectivity index (χ2v) is 6.49. The van der Waals surface area contributed by atoms with Crippen LogP contribution in [-0.2, 0) is 0 Å². The summed E-state index contributed by atoms with van der Waals surface area (Å²) in [7, 11) is 0. The summed E-state index contributed by atoms with van der Waals surface area (Å²) in [5, 5.41) is 4.45. The van der Waals surface area contributed by atoms with E-state index in [1.165, 1.54) is 36.8 Å². The Morgan fingerprint density at radius 3 is 2.38 bits per heavy atom. The molecule has 1 N–H and O–H groups in total. The zero-order valence-electron chi connectivity index (χ0n) is 12.5. The fourth-order valence-corrected chi connectivity index (χ4v) is 3.44. The molecule has 0 amide bonds. The standard InChI is InChI=1S/C19H22ClN/c1-14-7-12-18(20)19(13-14)21-17-10-8-16(9-11-17)15-5-3-2-4-6-15/h2-7,12-13,16-17,21H,8-11H2,1H3. The molecule has 0 bridgehead atoms. The molecule has 0 aliphatic heterocycles. The van der Waals surface area contributed by atoms with Crippen molar-refractivity contribution in [2.24, 2.45) is 0 Å². The van der Waals surface area contributed by atoms with Crippen molar-refractivity contribution in [3.8, 4) is 0 Å². The molecule has 1 nitrogen and oxygen atoms in total. The van der Waals surface area contributed by atoms with E-state index in [4.69, 9.17) is 11.6 Å². The first-order valence-electron chi connectivity index (χ1n) is 7.80. The Balaban J connectivity index is 1.60. The highest BCUT2D eigenvalue weighted by Gasteiger charge is 2.22. The maximum absolute atomic E-state index is 6.28. The molecule has 0 saturated heterocycles. The summed E-state index contributed by atoms with van der Waals surface area (Å²) < 4.78 is 0. The Bertz CT molecular complexity index is 586. The topological polar surface area (TPSA) is 12.0 Å². The Kier molecular flexibility index (Phi) is 4.50. The van der Waals surface area contributed by atoms with Gasteiger partial charge in [0.2, 0.25) is 0 Å². The van der Waals surface area contributed by atoms with Crippen molar-refractivity contribution < 1.29 is 0 Å². The van der Waals surface area contributed by atoms with Crippen molar-refractivity contribution in [2.75, 3.05) is 5.32 Å². The first-order chi connectivity index (χ1) is 10.2. The van der Waals surface area contributed by atoms with Gasteiger partial charge in [-0.05, 0) is 61.8 Å². The summed E-state index contributed by atoms with van der Waals surface area (Å²) in [4.78, 5) is 0. The van der Waals surface area contributed by atoms with Crippen LogP contribution in [0, 0.1) is 6.92 Å². The van der Waals surface area contributed by atoms with E-state index >= 15 is 0 Å². The van der Waals surface area contributed by atoms with Crippen LogP contribution in [0.5, 0.6) is 0 Å². The molecule has 0 unspecified atom stereocenters. The van der Waals surface area contributed by atoms with Gasteiger partial charge >= 0.3 is 0 Å². The van der Waals surface area contributed by atoms with Gasteiger partial charge in [-0.15, -0.1) is 0 Å². The lowest BCUT2D eigenvalue weighted by atomic mass is 9.82. The van der Waals surface area contributed by atoms with Crippen LogP contribution in [-0.4, -0.2) is 6.04 Å². The van der Waals surface area contributed by atoms with Gasteiger partial charge in [0.25, 0.3) is 0 Å². The van der Waals surface area contributed by atoms with E-state index in [1.807, 2.05) is 6.07 Å². The minimum atomic E-state index is 0.546. The predicted octanol–water partition coefficient (Wildman–Crippen LogP) is 5.79. The third-order valence-corrected chi connectivity index (χ3v) is 4.81. The number of anilines is 1. The lowest BCUT2D eigenvalue weighted by molar-refractivity contribution is 0.412. The molecule has 110 valence electrons. The molecule has 1 fully saturated rings. The van der Waals surface area contributed by atoms with Crippen LogP contribution < -0.4 is 5.32 Å². The summed E-state index contributed by atoms with van der Waals surface area (Å²) in [6, 6.07) is 17.6. The van der Waals surface area contributed by atoms with Crippen LogP contribution >= 0.6 is 11.6 Å². The van der Waals surface area contributed by atoms with Crippen molar-refractivity contribution in [3.63, 3.8) is 0 Å². The van der Waals surface area contributed by atoms with E-state index in [2.05, 4.69) is 54.7 Å². The lowest BCUT2D eigenvalue weighted by Crippen LogP contribution is -2.25. The van der Waals surface area contributed by atoms with Gasteiger partial charge < -0.3 is 5.32 Å². The van der Waals surface area contributed by atoms with Gasteiger partial charge in [-0.1, -0.05) is 48.0 Å². The fourth-order valence-electron chi connectivity index (χ4n) is 3.27. The highest BCUT2D eigenvalue weighted by molar-refractivity contribution is 6.33. The van der Waals surface area contributed by atoms with Gasteiger partial charge in [-0.3, -0.25) is 0 Å². The second-order valence-electron chi connectivity index (χ2n) is 6.09. The van der Waals surface area contributed by atoms with Gasteiger partial charge in [0.05, 0.1) is 10.7 Å². The predicted molar refractivity (Wildman–Crippen MR) is 91.3 cm³/mol. The summed E-state index contributed by atoms with van der Waals surface area (Å²) in [5.74, 6) is 0.720. The van der Waals surface area contributed by atoms with Crippen LogP contribution in [0.2, 0.25) is 5.02 Å². The second kappa shape index (κ2) is 6.53. The number of hydrogen-bond acceptors (Lipinski definition) is 1. The summed E-state index contributed by atoms with van der Waals surface area (Å²) >= 11 is 6.28. The molecule has 3 rings (SSSR count). The highest BCUT2D eigenvalue weighted by Crippen LogP contribution is 2.35. The SMILES string of the molecule is Cc1ccc(Cl)c(NC2CCC(c3ccccc3)CC2)c1. The normalized spacial score (nSPS) is 22.0. The van der Waals surface area contributed by atoms with Crippen LogP contribution in [0.3, 0.4) is 0 Å². The summed E-state index contributed by atoms with van der Waals surface area (Å²) in [6.07, 6.45) is 4.93. The molecule has 0 aromatic heterocycles. The number of benzene rings is 2. The third kappa shape index (κ3) is 3.59. The molecule has 2 aromatic carbocycles. The first-order valence-corrected chi connectivity index (χ1v) is 8.18. The third-order valence-electron chi connectivity index (χ3n) is 4.48. The Morgan fingerprint density at radius 2 is 1.67 bits per heavy atom. The van der Waals surface area contributed by atoms with Crippen molar-refractivity contribution >= 4 is 17.3 Å². The van der Waals surface area contributed by atoms with E-state index in [9.17, 15) is 0 Å². The van der Waals surface area contributed by atoms with E-state index < -0.39 is 0 Å². The molecule has 2 aromatic rings. The zero-order valence-corrected chi connectivity index (χ0v) is 13.2.